The van der Waals surface area contributed by atoms with Crippen molar-refractivity contribution >= 4 is 18.3 Å². The molecule has 9 nitrogen and oxygen atoms in total. The van der Waals surface area contributed by atoms with Crippen LogP contribution in [0.25, 0.3) is 0 Å². The molecule has 1 amide bonds. The predicted octanol–water partition coefficient (Wildman–Crippen LogP) is 4.94. The monoisotopic (exact) mass is 534 g/mol. The largest absolute Gasteiger partial charge is 0.450 e. The number of carbonyl (C=O) groups excluding carboxylic acids is 3. The third-order valence-corrected chi connectivity index (χ3v) is 7.87. The van der Waals surface area contributed by atoms with Gasteiger partial charge >= 0.3 is 6.09 Å². The van der Waals surface area contributed by atoms with E-state index >= 15 is 0 Å². The topological polar surface area (TPSA) is 118 Å². The van der Waals surface area contributed by atoms with E-state index in [0.717, 1.165) is 64.5 Å². The Morgan fingerprint density at radius 2 is 1.32 bits per heavy atom. The number of nitrogens with zero attached hydrogens (tertiary/aromatic N) is 2. The lowest BCUT2D eigenvalue weighted by molar-refractivity contribution is 0.0758. The first-order valence-electron chi connectivity index (χ1n) is 14.1. The van der Waals surface area contributed by atoms with E-state index in [0.29, 0.717) is 26.4 Å². The minimum absolute atomic E-state index is 0.0488. The molecule has 2 rings (SSSR count). The van der Waals surface area contributed by atoms with E-state index in [-0.39, 0.29) is 33.7 Å². The number of hydrogen-bond acceptors (Lipinski definition) is 8. The van der Waals surface area contributed by atoms with E-state index in [1.54, 1.807) is 12.2 Å². The second kappa shape index (κ2) is 14.4. The van der Waals surface area contributed by atoms with Crippen LogP contribution in [0.2, 0.25) is 0 Å². The summed E-state index contributed by atoms with van der Waals surface area (Å²) in [7, 11) is 0. The molecule has 2 fully saturated rings. The van der Waals surface area contributed by atoms with Crippen molar-refractivity contribution < 1.29 is 23.9 Å². The average molecular weight is 535 g/mol. The zero-order valence-electron chi connectivity index (χ0n) is 24.5. The van der Waals surface area contributed by atoms with Gasteiger partial charge in [-0.05, 0) is 73.0 Å². The molecule has 0 aromatic carbocycles. The molecule has 2 aliphatic rings. The molecule has 0 aliphatic heterocycles. The highest BCUT2D eigenvalue weighted by Crippen LogP contribution is 2.47. The average Bonchev–Trinajstić information content (AvgIpc) is 2.77. The van der Waals surface area contributed by atoms with E-state index < -0.39 is 6.09 Å². The lowest BCUT2D eigenvalue weighted by Crippen LogP contribution is -2.44. The Labute approximate surface area is 229 Å². The number of carbonyl (C=O) groups is 1. The van der Waals surface area contributed by atoms with Crippen LogP contribution in [-0.2, 0) is 19.1 Å². The summed E-state index contributed by atoms with van der Waals surface area (Å²) in [6, 6.07) is 0.00820. The van der Waals surface area contributed by atoms with Gasteiger partial charge in [0.05, 0.1) is 25.3 Å². The van der Waals surface area contributed by atoms with E-state index in [2.05, 4.69) is 62.2 Å². The fourth-order valence-corrected chi connectivity index (χ4v) is 7.20. The molecule has 2 N–H and O–H groups in total. The SMILES string of the molecule is CC1(C)CC(N=C=O)CC(C)(CNCCOCCCCOC(=O)NCC2(C)CC(N=C=O)CC(C)(C)C2)C1. The van der Waals surface area contributed by atoms with Gasteiger partial charge in [-0.15, -0.1) is 0 Å². The Balaban J connectivity index is 1.53. The Morgan fingerprint density at radius 3 is 1.87 bits per heavy atom. The first-order chi connectivity index (χ1) is 17.8. The number of amides is 1. The van der Waals surface area contributed by atoms with E-state index in [4.69, 9.17) is 9.47 Å². The summed E-state index contributed by atoms with van der Waals surface area (Å²) in [6.07, 6.45) is 10.1. The van der Waals surface area contributed by atoms with Crippen molar-refractivity contribution in [1.82, 2.24) is 10.6 Å². The number of hydrogen-bond donors (Lipinski definition) is 2. The third kappa shape index (κ3) is 11.8. The van der Waals surface area contributed by atoms with Crippen molar-refractivity contribution in [3.05, 3.63) is 0 Å². The van der Waals surface area contributed by atoms with Crippen LogP contribution in [0, 0.1) is 21.7 Å². The highest BCUT2D eigenvalue weighted by atomic mass is 16.5. The molecule has 2 aliphatic carbocycles. The van der Waals surface area contributed by atoms with Crippen molar-refractivity contribution in [2.45, 2.75) is 105 Å². The molecule has 38 heavy (non-hydrogen) atoms. The fourth-order valence-electron chi connectivity index (χ4n) is 7.20. The van der Waals surface area contributed by atoms with Crippen LogP contribution in [0.1, 0.15) is 92.9 Å². The Kier molecular flexibility index (Phi) is 12.2. The van der Waals surface area contributed by atoms with Crippen molar-refractivity contribution in [3.8, 4) is 0 Å². The minimum atomic E-state index is -0.407. The van der Waals surface area contributed by atoms with Crippen molar-refractivity contribution in [1.29, 1.82) is 0 Å². The van der Waals surface area contributed by atoms with Gasteiger partial charge in [0.25, 0.3) is 0 Å². The van der Waals surface area contributed by atoms with Crippen LogP contribution >= 0.6 is 0 Å². The van der Waals surface area contributed by atoms with Crippen LogP contribution in [0.15, 0.2) is 9.98 Å². The molecule has 4 unspecified atom stereocenters. The summed E-state index contributed by atoms with van der Waals surface area (Å²) in [4.78, 5) is 41.6. The molecule has 0 aromatic heterocycles. The second-order valence-corrected chi connectivity index (χ2v) is 13.9. The van der Waals surface area contributed by atoms with Crippen molar-refractivity contribution in [3.63, 3.8) is 0 Å². The van der Waals surface area contributed by atoms with Crippen LogP contribution in [0.4, 0.5) is 4.79 Å². The molecular formula is C29H50N4O5. The second-order valence-electron chi connectivity index (χ2n) is 13.9. The maximum Gasteiger partial charge on any atom is 0.407 e. The molecule has 2 saturated carbocycles. The van der Waals surface area contributed by atoms with Crippen molar-refractivity contribution in [2.24, 2.45) is 31.6 Å². The number of unbranched alkanes of at least 4 members (excludes halogenated alkanes) is 1. The Morgan fingerprint density at radius 1 is 0.789 bits per heavy atom. The van der Waals surface area contributed by atoms with E-state index in [1.165, 1.54) is 0 Å². The highest BCUT2D eigenvalue weighted by Gasteiger charge is 2.42. The van der Waals surface area contributed by atoms with E-state index in [1.807, 2.05) is 0 Å². The van der Waals surface area contributed by atoms with Gasteiger partial charge in [-0.3, -0.25) is 0 Å². The van der Waals surface area contributed by atoms with Crippen molar-refractivity contribution in [2.75, 3.05) is 39.5 Å². The van der Waals surface area contributed by atoms with E-state index in [9.17, 15) is 14.4 Å². The minimum Gasteiger partial charge on any atom is -0.450 e. The highest BCUT2D eigenvalue weighted by molar-refractivity contribution is 5.67. The molecule has 0 saturated heterocycles. The van der Waals surface area contributed by atoms with Gasteiger partial charge in [-0.2, -0.15) is 0 Å². The van der Waals surface area contributed by atoms with Crippen LogP contribution < -0.4 is 10.6 Å². The molecule has 0 aromatic rings. The number of ether oxygens (including phenoxy) is 2. The molecule has 0 radical (unpaired) electrons. The molecule has 0 heterocycles. The first kappa shape index (κ1) is 32.2. The van der Waals surface area contributed by atoms with Crippen LogP contribution in [-0.4, -0.2) is 69.8 Å². The van der Waals surface area contributed by atoms with Gasteiger partial charge in [0.15, 0.2) is 0 Å². The van der Waals surface area contributed by atoms with Gasteiger partial charge in [0, 0.05) is 26.2 Å². The number of aliphatic imine (C=N–C) groups is 2. The predicted molar refractivity (Wildman–Crippen MR) is 148 cm³/mol. The lowest BCUT2D eigenvalue weighted by atomic mass is 9.62. The number of isocyanates is 2. The molecule has 0 spiro atoms. The zero-order valence-corrected chi connectivity index (χ0v) is 24.5. The zero-order chi connectivity index (χ0) is 28.3. The quantitative estimate of drug-likeness (QED) is 0.185. The standard InChI is InChI=1S/C29H50N4O5/c1-26(2)13-23(32-21-34)15-28(5,17-26)19-30-9-12-37-10-7-8-11-38-25(36)31-20-29(6)16-24(33-22-35)14-27(3,4)18-29/h23-24,30H,7-20H2,1-6H3,(H,31,36). The Hall–Kier alpha value is -2.05. The number of rotatable bonds is 14. The third-order valence-electron chi connectivity index (χ3n) is 7.87. The van der Waals surface area contributed by atoms with Gasteiger partial charge in [-0.1, -0.05) is 41.5 Å². The van der Waals surface area contributed by atoms with Gasteiger partial charge < -0.3 is 20.1 Å². The van der Waals surface area contributed by atoms with Crippen LogP contribution in [0.3, 0.4) is 0 Å². The van der Waals surface area contributed by atoms with Gasteiger partial charge in [0.2, 0.25) is 12.2 Å². The van der Waals surface area contributed by atoms with Gasteiger partial charge in [0.1, 0.15) is 0 Å². The summed E-state index contributed by atoms with van der Waals surface area (Å²) in [5.74, 6) is 0. The summed E-state index contributed by atoms with van der Waals surface area (Å²) >= 11 is 0. The Bertz CT molecular complexity index is 865. The smallest absolute Gasteiger partial charge is 0.407 e. The number of nitrogens with one attached hydrogen (secondary N) is 2. The van der Waals surface area contributed by atoms with Crippen LogP contribution in [0.5, 0.6) is 0 Å². The summed E-state index contributed by atoms with van der Waals surface area (Å²) < 4.78 is 11.1. The molecule has 4 atom stereocenters. The summed E-state index contributed by atoms with van der Waals surface area (Å²) in [6.45, 7) is 17.0. The maximum absolute atomic E-state index is 12.2. The molecule has 0 bridgehead atoms. The maximum atomic E-state index is 12.2. The molecule has 9 heteroatoms. The number of alkyl carbamates (subject to hydrolysis) is 1. The molecular weight excluding hydrogens is 484 g/mol. The normalized spacial score (nSPS) is 29.9. The summed E-state index contributed by atoms with van der Waals surface area (Å²) in [5.41, 5.74) is 0.179. The lowest BCUT2D eigenvalue weighted by Gasteiger charge is -2.45. The molecule has 216 valence electrons. The van der Waals surface area contributed by atoms with Gasteiger partial charge in [-0.25, -0.2) is 24.4 Å². The fraction of sp³-hybridized carbons (Fsp3) is 0.897. The first-order valence-corrected chi connectivity index (χ1v) is 14.1. The summed E-state index contributed by atoms with van der Waals surface area (Å²) in [5, 5.41) is 6.40.